The fourth-order valence-electron chi connectivity index (χ4n) is 3.01. The SMILES string of the molecule is C=CS(=O)(=O)Nc1ccc(C2=CNCC(C(=O)Nc3c(C)cccc3C)=C2)cc1. The number of benzene rings is 2. The first-order valence-electron chi connectivity index (χ1n) is 9.06. The number of para-hydroxylation sites is 1. The molecule has 0 aromatic heterocycles. The van der Waals surface area contributed by atoms with Crippen molar-refractivity contribution in [2.45, 2.75) is 13.8 Å². The molecule has 7 heteroatoms. The van der Waals surface area contributed by atoms with Crippen molar-refractivity contribution in [3.63, 3.8) is 0 Å². The van der Waals surface area contributed by atoms with Crippen LogP contribution in [-0.2, 0) is 14.8 Å². The Balaban J connectivity index is 1.77. The van der Waals surface area contributed by atoms with E-state index in [4.69, 9.17) is 0 Å². The van der Waals surface area contributed by atoms with E-state index in [2.05, 4.69) is 21.9 Å². The van der Waals surface area contributed by atoms with E-state index < -0.39 is 10.0 Å². The van der Waals surface area contributed by atoms with Crippen LogP contribution >= 0.6 is 0 Å². The molecule has 150 valence electrons. The lowest BCUT2D eigenvalue weighted by Gasteiger charge is -2.17. The van der Waals surface area contributed by atoms with Gasteiger partial charge in [-0.15, -0.1) is 0 Å². The molecule has 0 fully saturated rings. The number of allylic oxidation sites excluding steroid dienone is 2. The molecule has 1 amide bonds. The summed E-state index contributed by atoms with van der Waals surface area (Å²) in [4.78, 5) is 12.8. The van der Waals surface area contributed by atoms with E-state index in [0.717, 1.165) is 33.4 Å². The fraction of sp³-hybridized carbons (Fsp3) is 0.136. The van der Waals surface area contributed by atoms with Crippen molar-refractivity contribution in [2.24, 2.45) is 0 Å². The van der Waals surface area contributed by atoms with Crippen LogP contribution in [0, 0.1) is 13.8 Å². The van der Waals surface area contributed by atoms with Crippen molar-refractivity contribution in [3.05, 3.63) is 89.0 Å². The summed E-state index contributed by atoms with van der Waals surface area (Å²) >= 11 is 0. The van der Waals surface area contributed by atoms with Crippen LogP contribution in [0.15, 0.2) is 72.3 Å². The minimum absolute atomic E-state index is 0.157. The highest BCUT2D eigenvalue weighted by Gasteiger charge is 2.16. The van der Waals surface area contributed by atoms with Crippen LogP contribution in [0.25, 0.3) is 5.57 Å². The quantitative estimate of drug-likeness (QED) is 0.679. The first-order valence-corrected chi connectivity index (χ1v) is 10.6. The molecule has 3 rings (SSSR count). The van der Waals surface area contributed by atoms with E-state index >= 15 is 0 Å². The Hall–Kier alpha value is -3.32. The number of aryl methyl sites for hydroxylation is 2. The Morgan fingerprint density at radius 1 is 1.10 bits per heavy atom. The van der Waals surface area contributed by atoms with E-state index in [0.29, 0.717) is 17.8 Å². The predicted molar refractivity (Wildman–Crippen MR) is 118 cm³/mol. The van der Waals surface area contributed by atoms with Crippen LogP contribution in [0.3, 0.4) is 0 Å². The van der Waals surface area contributed by atoms with Gasteiger partial charge in [0.25, 0.3) is 15.9 Å². The molecule has 0 unspecified atom stereocenters. The lowest BCUT2D eigenvalue weighted by atomic mass is 10.0. The average Bonchev–Trinajstić information content (AvgIpc) is 2.71. The zero-order valence-corrected chi connectivity index (χ0v) is 17.1. The van der Waals surface area contributed by atoms with Gasteiger partial charge in [0.2, 0.25) is 0 Å². The smallest absolute Gasteiger partial charge is 0.254 e. The summed E-state index contributed by atoms with van der Waals surface area (Å²) in [6.45, 7) is 7.62. The van der Waals surface area contributed by atoms with Crippen LogP contribution in [0.2, 0.25) is 0 Å². The van der Waals surface area contributed by atoms with Crippen LogP contribution in [-0.4, -0.2) is 20.9 Å². The van der Waals surface area contributed by atoms with Crippen molar-refractivity contribution >= 4 is 32.9 Å². The van der Waals surface area contributed by atoms with Crippen molar-refractivity contribution in [1.82, 2.24) is 5.32 Å². The van der Waals surface area contributed by atoms with Gasteiger partial charge in [-0.1, -0.05) is 36.9 Å². The predicted octanol–water partition coefficient (Wildman–Crippen LogP) is 3.70. The zero-order chi connectivity index (χ0) is 21.0. The topological polar surface area (TPSA) is 87.3 Å². The molecule has 3 N–H and O–H groups in total. The number of hydrogen-bond acceptors (Lipinski definition) is 4. The molecular weight excluding hydrogens is 386 g/mol. The number of carbonyl (C=O) groups excluding carboxylic acids is 1. The average molecular weight is 410 g/mol. The summed E-state index contributed by atoms with van der Waals surface area (Å²) in [5.41, 5.74) is 5.59. The van der Waals surface area contributed by atoms with Gasteiger partial charge in [0.05, 0.1) is 0 Å². The molecule has 1 aliphatic heterocycles. The van der Waals surface area contributed by atoms with Gasteiger partial charge in [0.15, 0.2) is 0 Å². The summed E-state index contributed by atoms with van der Waals surface area (Å²) in [6, 6.07) is 12.8. The van der Waals surface area contributed by atoms with Gasteiger partial charge in [-0.25, -0.2) is 8.42 Å². The summed E-state index contributed by atoms with van der Waals surface area (Å²) in [6.07, 6.45) is 3.67. The van der Waals surface area contributed by atoms with Crippen LogP contribution < -0.4 is 15.4 Å². The van der Waals surface area contributed by atoms with E-state index in [9.17, 15) is 13.2 Å². The normalized spacial score (nSPS) is 13.6. The van der Waals surface area contributed by atoms with Crippen molar-refractivity contribution < 1.29 is 13.2 Å². The lowest BCUT2D eigenvalue weighted by molar-refractivity contribution is -0.112. The molecule has 6 nitrogen and oxygen atoms in total. The van der Waals surface area contributed by atoms with E-state index in [1.165, 1.54) is 0 Å². The molecule has 1 aliphatic rings. The molecule has 0 spiro atoms. The molecule has 0 saturated heterocycles. The molecule has 2 aromatic rings. The molecule has 0 saturated carbocycles. The fourth-order valence-corrected chi connectivity index (χ4v) is 3.55. The second kappa shape index (κ2) is 8.36. The third-order valence-electron chi connectivity index (χ3n) is 4.59. The number of hydrogen-bond donors (Lipinski definition) is 3. The van der Waals surface area contributed by atoms with E-state index in [-0.39, 0.29) is 5.91 Å². The van der Waals surface area contributed by atoms with Crippen LogP contribution in [0.4, 0.5) is 11.4 Å². The Labute approximate surface area is 171 Å². The third kappa shape index (κ3) is 4.94. The summed E-state index contributed by atoms with van der Waals surface area (Å²) in [7, 11) is -3.55. The maximum absolute atomic E-state index is 12.8. The Kier molecular flexibility index (Phi) is 5.89. The van der Waals surface area contributed by atoms with Gasteiger partial charge in [0.1, 0.15) is 0 Å². The Bertz CT molecular complexity index is 1090. The first kappa shape index (κ1) is 20.4. The van der Waals surface area contributed by atoms with Crippen LogP contribution in [0.5, 0.6) is 0 Å². The van der Waals surface area contributed by atoms with Gasteiger partial charge >= 0.3 is 0 Å². The molecule has 1 heterocycles. The third-order valence-corrected chi connectivity index (χ3v) is 5.55. The largest absolute Gasteiger partial charge is 0.386 e. The highest BCUT2D eigenvalue weighted by atomic mass is 32.2. The van der Waals surface area contributed by atoms with Gasteiger partial charge in [0, 0.05) is 35.1 Å². The highest BCUT2D eigenvalue weighted by Crippen LogP contribution is 2.24. The summed E-state index contributed by atoms with van der Waals surface area (Å²) < 4.78 is 25.5. The molecular formula is C22H23N3O3S. The molecule has 0 bridgehead atoms. The second-order valence-electron chi connectivity index (χ2n) is 6.76. The minimum Gasteiger partial charge on any atom is -0.386 e. The van der Waals surface area contributed by atoms with Gasteiger partial charge < -0.3 is 10.6 Å². The van der Waals surface area contributed by atoms with E-state index in [1.807, 2.05) is 44.3 Å². The molecule has 29 heavy (non-hydrogen) atoms. The second-order valence-corrected chi connectivity index (χ2v) is 8.39. The molecule has 2 aromatic carbocycles. The number of carbonyl (C=O) groups is 1. The lowest BCUT2D eigenvalue weighted by Crippen LogP contribution is -2.25. The summed E-state index contributed by atoms with van der Waals surface area (Å²) in [5, 5.41) is 6.99. The maximum Gasteiger partial charge on any atom is 0.254 e. The van der Waals surface area contributed by atoms with E-state index in [1.54, 1.807) is 24.3 Å². The first-order chi connectivity index (χ1) is 13.8. The number of amides is 1. The standard InChI is InChI=1S/C22H23N3O3S/c1-4-29(27,28)25-20-10-8-17(9-11-20)18-12-19(14-23-13-18)22(26)24-21-15(2)6-5-7-16(21)3/h4-13,23,25H,1,14H2,2-3H3,(H,24,26). The number of rotatable bonds is 6. The minimum atomic E-state index is -3.55. The number of dihydropyridines is 1. The number of anilines is 2. The maximum atomic E-state index is 12.8. The van der Waals surface area contributed by atoms with Crippen LogP contribution in [0.1, 0.15) is 16.7 Å². The summed E-state index contributed by atoms with van der Waals surface area (Å²) in [5.74, 6) is -0.157. The molecule has 0 radical (unpaired) electrons. The van der Waals surface area contributed by atoms with Gasteiger partial charge in [-0.3, -0.25) is 9.52 Å². The van der Waals surface area contributed by atoms with Crippen molar-refractivity contribution in [3.8, 4) is 0 Å². The Morgan fingerprint density at radius 3 is 2.38 bits per heavy atom. The number of sulfonamides is 1. The van der Waals surface area contributed by atoms with Crippen molar-refractivity contribution in [2.75, 3.05) is 16.6 Å². The van der Waals surface area contributed by atoms with Gasteiger partial charge in [-0.05, 0) is 54.3 Å². The zero-order valence-electron chi connectivity index (χ0n) is 16.3. The molecule has 0 atom stereocenters. The monoisotopic (exact) mass is 409 g/mol. The molecule has 0 aliphatic carbocycles. The number of nitrogens with one attached hydrogen (secondary N) is 3. The highest BCUT2D eigenvalue weighted by molar-refractivity contribution is 7.95. The Morgan fingerprint density at radius 2 is 1.76 bits per heavy atom. The van der Waals surface area contributed by atoms with Crippen molar-refractivity contribution in [1.29, 1.82) is 0 Å². The van der Waals surface area contributed by atoms with Gasteiger partial charge in [-0.2, -0.15) is 0 Å².